The molecule has 2 N–H and O–H groups in total. The molecule has 0 aromatic heterocycles. The second-order valence-corrected chi connectivity index (χ2v) is 4.35. The van der Waals surface area contributed by atoms with Crippen molar-refractivity contribution < 1.29 is 0 Å². The van der Waals surface area contributed by atoms with Crippen LogP contribution in [0.4, 0.5) is 0 Å². The molecule has 0 radical (unpaired) electrons. The van der Waals surface area contributed by atoms with Crippen molar-refractivity contribution in [2.45, 2.75) is 72.3 Å². The lowest BCUT2D eigenvalue weighted by Crippen LogP contribution is -2.33. The Morgan fingerprint density at radius 3 is 1.31 bits per heavy atom. The zero-order valence-corrected chi connectivity index (χ0v) is 10.1. The van der Waals surface area contributed by atoms with Gasteiger partial charge in [-0.2, -0.15) is 0 Å². The lowest BCUT2D eigenvalue weighted by atomic mass is 9.86. The van der Waals surface area contributed by atoms with E-state index in [1.54, 1.807) is 0 Å². The van der Waals surface area contributed by atoms with Crippen LogP contribution in [0.15, 0.2) is 0 Å². The maximum absolute atomic E-state index is 6.09. The number of fused-ring (bicyclic) bond motifs is 2. The Kier molecular flexibility index (Phi) is 4.98. The second kappa shape index (κ2) is 4.99. The predicted molar refractivity (Wildman–Crippen MR) is 60.8 cm³/mol. The largest absolute Gasteiger partial charge is 0.325 e. The van der Waals surface area contributed by atoms with E-state index < -0.39 is 0 Å². The van der Waals surface area contributed by atoms with E-state index in [1.807, 2.05) is 27.7 Å². The molecule has 0 aliphatic heterocycles. The number of hydrogen-bond acceptors (Lipinski definition) is 1. The fraction of sp³-hybridized carbons (Fsp3) is 1.00. The van der Waals surface area contributed by atoms with E-state index >= 15 is 0 Å². The van der Waals surface area contributed by atoms with Crippen LogP contribution in [0.25, 0.3) is 0 Å². The van der Waals surface area contributed by atoms with E-state index in [1.165, 1.54) is 32.1 Å². The summed E-state index contributed by atoms with van der Waals surface area (Å²) in [5.74, 6) is 0. The third kappa shape index (κ3) is 2.98. The van der Waals surface area contributed by atoms with Crippen LogP contribution in [0.3, 0.4) is 0 Å². The normalized spacial score (nSPS) is 40.2. The summed E-state index contributed by atoms with van der Waals surface area (Å²) < 4.78 is 0. The monoisotopic (exact) mass is 185 g/mol. The summed E-state index contributed by atoms with van der Waals surface area (Å²) in [5, 5.41) is 0. The highest BCUT2D eigenvalue weighted by Crippen LogP contribution is 2.54. The fourth-order valence-corrected chi connectivity index (χ4v) is 2.55. The van der Waals surface area contributed by atoms with Gasteiger partial charge in [0.05, 0.1) is 0 Å². The van der Waals surface area contributed by atoms with Gasteiger partial charge >= 0.3 is 0 Å². The minimum absolute atomic E-state index is 0.273. The number of hydrogen-bond donors (Lipinski definition) is 1. The van der Waals surface area contributed by atoms with Crippen molar-refractivity contribution in [2.24, 2.45) is 11.1 Å². The van der Waals surface area contributed by atoms with Crippen LogP contribution in [0, 0.1) is 5.41 Å². The quantitative estimate of drug-likeness (QED) is 0.611. The third-order valence-electron chi connectivity index (χ3n) is 3.23. The molecule has 1 nitrogen and oxygen atoms in total. The van der Waals surface area contributed by atoms with E-state index in [4.69, 9.17) is 5.73 Å². The van der Waals surface area contributed by atoms with Crippen LogP contribution < -0.4 is 5.73 Å². The van der Waals surface area contributed by atoms with E-state index in [-0.39, 0.29) is 5.54 Å². The Bertz CT molecular complexity index is 116. The van der Waals surface area contributed by atoms with Crippen molar-refractivity contribution in [3.05, 3.63) is 0 Å². The van der Waals surface area contributed by atoms with Crippen molar-refractivity contribution in [1.82, 2.24) is 0 Å². The van der Waals surface area contributed by atoms with Gasteiger partial charge in [-0.3, -0.25) is 0 Å². The molecule has 2 aliphatic carbocycles. The first-order valence-corrected chi connectivity index (χ1v) is 5.91. The van der Waals surface area contributed by atoms with Crippen LogP contribution in [-0.4, -0.2) is 5.54 Å². The SMILES string of the molecule is CC.CC.CC12CCC(N)(CC1)C2. The Labute approximate surface area is 84.1 Å². The highest BCUT2D eigenvalue weighted by molar-refractivity contribution is 5.05. The Morgan fingerprint density at radius 2 is 1.23 bits per heavy atom. The van der Waals surface area contributed by atoms with Gasteiger partial charge in [0.15, 0.2) is 0 Å². The maximum Gasteiger partial charge on any atom is 0.0160 e. The van der Waals surface area contributed by atoms with Gasteiger partial charge in [-0.25, -0.2) is 0 Å². The summed E-state index contributed by atoms with van der Waals surface area (Å²) in [6.07, 6.45) is 6.61. The molecule has 2 rings (SSSR count). The van der Waals surface area contributed by atoms with E-state index in [9.17, 15) is 0 Å². The lowest BCUT2D eigenvalue weighted by molar-refractivity contribution is 0.328. The Morgan fingerprint density at radius 1 is 0.846 bits per heavy atom. The van der Waals surface area contributed by atoms with Crippen molar-refractivity contribution in [3.8, 4) is 0 Å². The Hall–Kier alpha value is -0.0400. The molecule has 0 heterocycles. The van der Waals surface area contributed by atoms with Gasteiger partial charge < -0.3 is 5.73 Å². The fourth-order valence-electron chi connectivity index (χ4n) is 2.55. The molecule has 0 aromatic rings. The summed E-state index contributed by atoms with van der Waals surface area (Å²) in [6.45, 7) is 10.4. The van der Waals surface area contributed by atoms with Crippen molar-refractivity contribution >= 4 is 0 Å². The second-order valence-electron chi connectivity index (χ2n) is 4.35. The van der Waals surface area contributed by atoms with Crippen LogP contribution >= 0.6 is 0 Å². The standard InChI is InChI=1S/C8H15N.2C2H6/c1-7-2-4-8(9,6-7)5-3-7;2*1-2/h2-6,9H2,1H3;2*1-2H3. The average Bonchev–Trinajstić information content (AvgIpc) is 2.63. The first-order valence-electron chi connectivity index (χ1n) is 5.91. The minimum atomic E-state index is 0.273. The summed E-state index contributed by atoms with van der Waals surface area (Å²) in [5.41, 5.74) is 7.01. The van der Waals surface area contributed by atoms with Gasteiger partial charge in [-0.05, 0) is 37.5 Å². The molecular formula is C12H27N. The zero-order chi connectivity index (χ0) is 10.5. The highest BCUT2D eigenvalue weighted by Gasteiger charge is 2.48. The molecule has 0 unspecified atom stereocenters. The van der Waals surface area contributed by atoms with Crippen LogP contribution in [0.1, 0.15) is 66.7 Å². The van der Waals surface area contributed by atoms with Gasteiger partial charge in [-0.1, -0.05) is 34.6 Å². The zero-order valence-electron chi connectivity index (χ0n) is 10.1. The van der Waals surface area contributed by atoms with Crippen molar-refractivity contribution in [2.75, 3.05) is 0 Å². The van der Waals surface area contributed by atoms with Crippen LogP contribution in [-0.2, 0) is 0 Å². The molecule has 2 bridgehead atoms. The third-order valence-corrected chi connectivity index (χ3v) is 3.23. The van der Waals surface area contributed by atoms with Gasteiger partial charge in [0.25, 0.3) is 0 Å². The van der Waals surface area contributed by atoms with Crippen molar-refractivity contribution in [3.63, 3.8) is 0 Å². The molecule has 0 spiro atoms. The molecular weight excluding hydrogens is 158 g/mol. The highest BCUT2D eigenvalue weighted by atomic mass is 14.8. The maximum atomic E-state index is 6.09. The molecule has 2 aliphatic rings. The molecule has 0 saturated heterocycles. The first-order chi connectivity index (χ1) is 6.12. The van der Waals surface area contributed by atoms with E-state index in [0.29, 0.717) is 5.41 Å². The lowest BCUT2D eigenvalue weighted by Gasteiger charge is -2.21. The summed E-state index contributed by atoms with van der Waals surface area (Å²) in [7, 11) is 0. The van der Waals surface area contributed by atoms with Crippen LogP contribution in [0.5, 0.6) is 0 Å². The molecule has 13 heavy (non-hydrogen) atoms. The van der Waals surface area contributed by atoms with Crippen molar-refractivity contribution in [1.29, 1.82) is 0 Å². The number of rotatable bonds is 0. The van der Waals surface area contributed by atoms with Crippen LogP contribution in [0.2, 0.25) is 0 Å². The van der Waals surface area contributed by atoms with Gasteiger partial charge in [0.1, 0.15) is 0 Å². The molecule has 0 amide bonds. The van der Waals surface area contributed by atoms with Gasteiger partial charge in [0, 0.05) is 5.54 Å². The molecule has 80 valence electrons. The molecule has 2 fully saturated rings. The average molecular weight is 185 g/mol. The summed E-state index contributed by atoms with van der Waals surface area (Å²) in [4.78, 5) is 0. The number of nitrogens with two attached hydrogens (primary N) is 1. The summed E-state index contributed by atoms with van der Waals surface area (Å²) in [6, 6.07) is 0. The molecule has 0 aromatic carbocycles. The van der Waals surface area contributed by atoms with Gasteiger partial charge in [0.2, 0.25) is 0 Å². The topological polar surface area (TPSA) is 26.0 Å². The smallest absolute Gasteiger partial charge is 0.0160 e. The van der Waals surface area contributed by atoms with Gasteiger partial charge in [-0.15, -0.1) is 0 Å². The van der Waals surface area contributed by atoms with E-state index in [0.717, 1.165) is 0 Å². The predicted octanol–water partition coefficient (Wildman–Crippen LogP) is 3.72. The molecule has 1 heteroatoms. The van der Waals surface area contributed by atoms with E-state index in [2.05, 4.69) is 6.92 Å². The molecule has 0 atom stereocenters. The molecule has 2 saturated carbocycles. The first kappa shape index (κ1) is 13.0. The Balaban J connectivity index is 0.000000322. The minimum Gasteiger partial charge on any atom is -0.325 e. The summed E-state index contributed by atoms with van der Waals surface area (Å²) >= 11 is 0.